The fourth-order valence-corrected chi connectivity index (χ4v) is 0.994. The van der Waals surface area contributed by atoms with E-state index in [-0.39, 0.29) is 12.3 Å². The van der Waals surface area contributed by atoms with E-state index >= 15 is 0 Å². The summed E-state index contributed by atoms with van der Waals surface area (Å²) in [5, 5.41) is 17.5. The second-order valence-corrected chi connectivity index (χ2v) is 2.54. The van der Waals surface area contributed by atoms with Crippen molar-refractivity contribution in [3.05, 3.63) is 29.6 Å². The molecule has 0 aliphatic carbocycles. The average molecular weight is 182 g/mol. The van der Waals surface area contributed by atoms with Crippen LogP contribution in [0.2, 0.25) is 0 Å². The van der Waals surface area contributed by atoms with Crippen LogP contribution in [0.25, 0.3) is 0 Å². The molecule has 0 aliphatic heterocycles. The molecular formula is C8H10N2O3. The standard InChI is InChI=1S/C8H10N2O3/c9-6(4-11)5-2-1-3-10-7(5)8(12)13/h1-3,6,11H,4,9H2,(H,12,13). The van der Waals surface area contributed by atoms with Gasteiger partial charge >= 0.3 is 5.97 Å². The maximum Gasteiger partial charge on any atom is 0.354 e. The maximum absolute atomic E-state index is 10.6. The van der Waals surface area contributed by atoms with E-state index in [4.69, 9.17) is 15.9 Å². The Labute approximate surface area is 74.8 Å². The van der Waals surface area contributed by atoms with Crippen LogP contribution in [-0.2, 0) is 0 Å². The van der Waals surface area contributed by atoms with Gasteiger partial charge in [-0.15, -0.1) is 0 Å². The third-order valence-corrected chi connectivity index (χ3v) is 1.64. The first-order chi connectivity index (χ1) is 6.16. The summed E-state index contributed by atoms with van der Waals surface area (Å²) < 4.78 is 0. The summed E-state index contributed by atoms with van der Waals surface area (Å²) in [6.45, 7) is -0.300. The fraction of sp³-hybridized carbons (Fsp3) is 0.250. The molecule has 0 bridgehead atoms. The van der Waals surface area contributed by atoms with E-state index in [0.29, 0.717) is 5.56 Å². The van der Waals surface area contributed by atoms with Gasteiger partial charge in [0.1, 0.15) is 0 Å². The minimum Gasteiger partial charge on any atom is -0.477 e. The molecule has 1 unspecified atom stereocenters. The highest BCUT2D eigenvalue weighted by molar-refractivity contribution is 5.87. The summed E-state index contributed by atoms with van der Waals surface area (Å²) in [7, 11) is 0. The lowest BCUT2D eigenvalue weighted by molar-refractivity contribution is 0.0688. The zero-order chi connectivity index (χ0) is 9.84. The van der Waals surface area contributed by atoms with Crippen molar-refractivity contribution >= 4 is 5.97 Å². The van der Waals surface area contributed by atoms with Crippen molar-refractivity contribution in [2.75, 3.05) is 6.61 Å². The minimum atomic E-state index is -1.14. The van der Waals surface area contributed by atoms with E-state index in [1.165, 1.54) is 12.3 Å². The number of carbonyl (C=O) groups is 1. The highest BCUT2D eigenvalue weighted by Crippen LogP contribution is 2.12. The highest BCUT2D eigenvalue weighted by Gasteiger charge is 2.15. The molecule has 70 valence electrons. The van der Waals surface area contributed by atoms with E-state index < -0.39 is 12.0 Å². The van der Waals surface area contributed by atoms with Crippen LogP contribution < -0.4 is 5.73 Å². The summed E-state index contributed by atoms with van der Waals surface area (Å²) >= 11 is 0. The fourth-order valence-electron chi connectivity index (χ4n) is 0.994. The lowest BCUT2D eigenvalue weighted by atomic mass is 10.1. The molecule has 0 spiro atoms. The predicted octanol–water partition coefficient (Wildman–Crippen LogP) is -0.228. The quantitative estimate of drug-likeness (QED) is 0.600. The first kappa shape index (κ1) is 9.63. The number of carboxylic acid groups (broad SMARTS) is 1. The number of nitrogens with two attached hydrogens (primary N) is 1. The van der Waals surface area contributed by atoms with Crippen LogP contribution in [0.3, 0.4) is 0 Å². The van der Waals surface area contributed by atoms with Gasteiger partial charge in [0.25, 0.3) is 0 Å². The third-order valence-electron chi connectivity index (χ3n) is 1.64. The normalized spacial score (nSPS) is 12.5. The van der Waals surface area contributed by atoms with Gasteiger partial charge in [0.15, 0.2) is 5.69 Å². The average Bonchev–Trinajstić information content (AvgIpc) is 2.16. The molecule has 1 aromatic rings. The van der Waals surface area contributed by atoms with Crippen LogP contribution in [0, 0.1) is 0 Å². The van der Waals surface area contributed by atoms with Crippen molar-refractivity contribution in [1.82, 2.24) is 4.98 Å². The maximum atomic E-state index is 10.6. The highest BCUT2D eigenvalue weighted by atomic mass is 16.4. The van der Waals surface area contributed by atoms with Gasteiger partial charge in [0.05, 0.1) is 12.6 Å². The molecule has 0 saturated heterocycles. The minimum absolute atomic E-state index is 0.107. The zero-order valence-corrected chi connectivity index (χ0v) is 6.84. The van der Waals surface area contributed by atoms with E-state index in [1.54, 1.807) is 6.07 Å². The number of carboxylic acids is 1. The Morgan fingerprint density at radius 1 is 1.69 bits per heavy atom. The number of hydrogen-bond donors (Lipinski definition) is 3. The van der Waals surface area contributed by atoms with Crippen LogP contribution in [0.5, 0.6) is 0 Å². The zero-order valence-electron chi connectivity index (χ0n) is 6.84. The Bertz CT molecular complexity index is 314. The van der Waals surface area contributed by atoms with E-state index in [0.717, 1.165) is 0 Å². The van der Waals surface area contributed by atoms with Crippen molar-refractivity contribution in [3.63, 3.8) is 0 Å². The van der Waals surface area contributed by atoms with Gasteiger partial charge in [-0.25, -0.2) is 9.78 Å². The molecule has 0 saturated carbocycles. The van der Waals surface area contributed by atoms with Crippen LogP contribution in [0.1, 0.15) is 22.1 Å². The molecule has 0 fully saturated rings. The molecule has 0 amide bonds. The lowest BCUT2D eigenvalue weighted by Gasteiger charge is -2.09. The van der Waals surface area contributed by atoms with Gasteiger partial charge in [0, 0.05) is 11.8 Å². The first-order valence-corrected chi connectivity index (χ1v) is 3.71. The van der Waals surface area contributed by atoms with Crippen molar-refractivity contribution in [1.29, 1.82) is 0 Å². The van der Waals surface area contributed by atoms with Crippen molar-refractivity contribution in [3.8, 4) is 0 Å². The Morgan fingerprint density at radius 3 is 2.92 bits per heavy atom. The predicted molar refractivity (Wildman–Crippen MR) is 45.2 cm³/mol. The summed E-state index contributed by atoms with van der Waals surface area (Å²) in [5.41, 5.74) is 5.72. The van der Waals surface area contributed by atoms with Gasteiger partial charge in [0.2, 0.25) is 0 Å². The molecule has 1 aromatic heterocycles. The molecule has 5 nitrogen and oxygen atoms in total. The molecule has 1 rings (SSSR count). The Morgan fingerprint density at radius 2 is 2.38 bits per heavy atom. The van der Waals surface area contributed by atoms with E-state index in [2.05, 4.69) is 4.98 Å². The summed E-state index contributed by atoms with van der Waals surface area (Å²) in [6, 6.07) is 2.43. The number of aromatic nitrogens is 1. The molecule has 13 heavy (non-hydrogen) atoms. The lowest BCUT2D eigenvalue weighted by Crippen LogP contribution is -2.19. The van der Waals surface area contributed by atoms with Crippen LogP contribution in [0.15, 0.2) is 18.3 Å². The molecule has 0 aromatic carbocycles. The smallest absolute Gasteiger partial charge is 0.354 e. The SMILES string of the molecule is NC(CO)c1cccnc1C(=O)O. The summed E-state index contributed by atoms with van der Waals surface area (Å²) in [6.07, 6.45) is 1.37. The summed E-state index contributed by atoms with van der Waals surface area (Å²) in [5.74, 6) is -1.14. The number of aromatic carboxylic acids is 1. The van der Waals surface area contributed by atoms with Gasteiger partial charge in [-0.1, -0.05) is 6.07 Å². The van der Waals surface area contributed by atoms with Gasteiger partial charge < -0.3 is 15.9 Å². The molecule has 5 heteroatoms. The van der Waals surface area contributed by atoms with Crippen molar-refractivity contribution in [2.45, 2.75) is 6.04 Å². The molecule has 0 radical (unpaired) electrons. The van der Waals surface area contributed by atoms with Crippen LogP contribution in [0.4, 0.5) is 0 Å². The van der Waals surface area contributed by atoms with Crippen LogP contribution >= 0.6 is 0 Å². The number of hydrogen-bond acceptors (Lipinski definition) is 4. The summed E-state index contributed by atoms with van der Waals surface area (Å²) in [4.78, 5) is 14.3. The first-order valence-electron chi connectivity index (χ1n) is 3.71. The molecule has 1 heterocycles. The molecule has 4 N–H and O–H groups in total. The number of nitrogens with zero attached hydrogens (tertiary/aromatic N) is 1. The second-order valence-electron chi connectivity index (χ2n) is 2.54. The second kappa shape index (κ2) is 3.97. The van der Waals surface area contributed by atoms with Gasteiger partial charge in [-0.3, -0.25) is 0 Å². The van der Waals surface area contributed by atoms with Gasteiger partial charge in [-0.2, -0.15) is 0 Å². The number of rotatable bonds is 3. The monoisotopic (exact) mass is 182 g/mol. The van der Waals surface area contributed by atoms with Gasteiger partial charge in [-0.05, 0) is 6.07 Å². The largest absolute Gasteiger partial charge is 0.477 e. The number of pyridine rings is 1. The molecule has 0 aliphatic rings. The Kier molecular flexibility index (Phi) is 2.94. The number of aliphatic hydroxyl groups excluding tert-OH is 1. The number of aliphatic hydroxyl groups is 1. The van der Waals surface area contributed by atoms with E-state index in [9.17, 15) is 4.79 Å². The van der Waals surface area contributed by atoms with E-state index in [1.807, 2.05) is 0 Å². The van der Waals surface area contributed by atoms with Crippen LogP contribution in [-0.4, -0.2) is 27.8 Å². The third kappa shape index (κ3) is 2.01. The van der Waals surface area contributed by atoms with Crippen molar-refractivity contribution < 1.29 is 15.0 Å². The Balaban J connectivity index is 3.11. The molecular weight excluding hydrogens is 172 g/mol. The van der Waals surface area contributed by atoms with Crippen molar-refractivity contribution in [2.24, 2.45) is 5.73 Å². The topological polar surface area (TPSA) is 96.4 Å². The Hall–Kier alpha value is -1.46. The molecule has 1 atom stereocenters.